The molecule has 2 unspecified atom stereocenters. The van der Waals surface area contributed by atoms with Crippen molar-refractivity contribution in [1.82, 2.24) is 4.98 Å². The van der Waals surface area contributed by atoms with Crippen LogP contribution >= 0.6 is 0 Å². The Balaban J connectivity index is 1.40. The molecule has 36 heavy (non-hydrogen) atoms. The third kappa shape index (κ3) is 5.78. The van der Waals surface area contributed by atoms with Crippen LogP contribution in [0.2, 0.25) is 0 Å². The van der Waals surface area contributed by atoms with Crippen LogP contribution in [-0.2, 0) is 9.59 Å². The number of Topliss-reactive ketones (excluding diaryl/α,β-unsaturated/α-hetero) is 1. The number of hydrogen-bond acceptors (Lipinski definition) is 6. The summed E-state index contributed by atoms with van der Waals surface area (Å²) in [6.07, 6.45) is 0.719. The van der Waals surface area contributed by atoms with Gasteiger partial charge in [0.05, 0.1) is 11.6 Å². The number of amides is 1. The van der Waals surface area contributed by atoms with Gasteiger partial charge in [0.15, 0.2) is 17.1 Å². The van der Waals surface area contributed by atoms with Crippen molar-refractivity contribution in [3.8, 4) is 5.75 Å². The Morgan fingerprint density at radius 1 is 1.22 bits per heavy atom. The van der Waals surface area contributed by atoms with Gasteiger partial charge in [-0.2, -0.15) is 0 Å². The van der Waals surface area contributed by atoms with Crippen molar-refractivity contribution in [3.63, 3.8) is 0 Å². The van der Waals surface area contributed by atoms with E-state index in [1.54, 1.807) is 18.2 Å². The summed E-state index contributed by atoms with van der Waals surface area (Å²) < 4.78 is 25.1. The van der Waals surface area contributed by atoms with Crippen molar-refractivity contribution in [2.45, 2.75) is 46.6 Å². The molecule has 0 saturated carbocycles. The average Bonchev–Trinajstić information content (AvgIpc) is 3.13. The number of nitrogens with zero attached hydrogens (tertiary/aromatic N) is 1. The van der Waals surface area contributed by atoms with Crippen LogP contribution in [0, 0.1) is 23.6 Å². The van der Waals surface area contributed by atoms with Crippen molar-refractivity contribution >= 4 is 34.2 Å². The number of benzene rings is 2. The molecular weight excluding hydrogens is 465 g/mol. The summed E-state index contributed by atoms with van der Waals surface area (Å²) in [6.45, 7) is 9.31. The minimum absolute atomic E-state index is 0.0156. The van der Waals surface area contributed by atoms with Crippen LogP contribution in [0.3, 0.4) is 0 Å². The van der Waals surface area contributed by atoms with Crippen LogP contribution in [0.25, 0.3) is 11.1 Å². The summed E-state index contributed by atoms with van der Waals surface area (Å²) in [7, 11) is 0. The lowest BCUT2D eigenvalue weighted by Gasteiger charge is -2.27. The summed E-state index contributed by atoms with van der Waals surface area (Å²) in [5, 5.41) is 2.61. The summed E-state index contributed by atoms with van der Waals surface area (Å²) in [5.74, 6) is -1.49. The Morgan fingerprint density at radius 3 is 2.72 bits per heavy atom. The van der Waals surface area contributed by atoms with E-state index >= 15 is 0 Å². The molecule has 1 aliphatic rings. The standard InChI is InChI=1S/C27H32FN3O5/c1-15(2)35-24-8-6-20(13-21(24)28)31-10-9-18(17(4)16(3)14-31)11-23(32)26(33)29-19-5-7-22-25(12-19)36-27(34)30-22/h5-8,12-13,15-18H,9-11,14H2,1-4H3,(H,29,33)(H,30,34)/t16-,17?,18?/m1/s1. The van der Waals surface area contributed by atoms with Crippen molar-refractivity contribution in [2.24, 2.45) is 17.8 Å². The zero-order chi connectivity index (χ0) is 26.0. The Kier molecular flexibility index (Phi) is 7.47. The lowest BCUT2D eigenvalue weighted by molar-refractivity contribution is -0.135. The van der Waals surface area contributed by atoms with Crippen LogP contribution in [0.4, 0.5) is 15.8 Å². The van der Waals surface area contributed by atoms with E-state index in [0.717, 1.165) is 12.2 Å². The molecule has 2 heterocycles. The van der Waals surface area contributed by atoms with Gasteiger partial charge in [-0.1, -0.05) is 13.8 Å². The van der Waals surface area contributed by atoms with Crippen LogP contribution in [0.5, 0.6) is 5.75 Å². The number of carbonyl (C=O) groups excluding carboxylic acids is 2. The molecule has 0 bridgehead atoms. The lowest BCUT2D eigenvalue weighted by Crippen LogP contribution is -2.29. The molecule has 2 N–H and O–H groups in total. The largest absolute Gasteiger partial charge is 0.488 e. The van der Waals surface area contributed by atoms with Crippen LogP contribution in [0.1, 0.15) is 40.5 Å². The average molecular weight is 498 g/mol. The van der Waals surface area contributed by atoms with E-state index in [1.807, 2.05) is 19.9 Å². The number of nitrogens with one attached hydrogen (secondary N) is 2. The van der Waals surface area contributed by atoms with Gasteiger partial charge in [-0.05, 0) is 62.3 Å². The number of carbonyl (C=O) groups is 2. The lowest BCUT2D eigenvalue weighted by atomic mass is 9.80. The zero-order valence-corrected chi connectivity index (χ0v) is 21.0. The second-order valence-electron chi connectivity index (χ2n) is 9.92. The molecule has 2 aromatic carbocycles. The number of aromatic amines is 1. The third-order valence-electron chi connectivity index (χ3n) is 6.94. The van der Waals surface area contributed by atoms with Crippen molar-refractivity contribution in [2.75, 3.05) is 23.3 Å². The fourth-order valence-electron chi connectivity index (χ4n) is 4.77. The first-order valence-corrected chi connectivity index (χ1v) is 12.3. The van der Waals surface area contributed by atoms with Gasteiger partial charge < -0.3 is 19.4 Å². The number of ketones is 1. The molecular formula is C27H32FN3O5. The molecule has 1 saturated heterocycles. The van der Waals surface area contributed by atoms with Crippen LogP contribution in [0.15, 0.2) is 45.6 Å². The molecule has 0 radical (unpaired) electrons. The van der Waals surface area contributed by atoms with Crippen molar-refractivity contribution in [1.29, 1.82) is 0 Å². The number of fused-ring (bicyclic) bond motifs is 1. The van der Waals surface area contributed by atoms with Crippen LogP contribution in [-0.4, -0.2) is 35.9 Å². The van der Waals surface area contributed by atoms with E-state index in [0.29, 0.717) is 29.8 Å². The van der Waals surface area contributed by atoms with Crippen molar-refractivity contribution in [3.05, 3.63) is 52.8 Å². The molecule has 0 aliphatic carbocycles. The quantitative estimate of drug-likeness (QED) is 0.457. The molecule has 1 aromatic heterocycles. The summed E-state index contributed by atoms with van der Waals surface area (Å²) in [5.41, 5.74) is 1.97. The maximum Gasteiger partial charge on any atom is 0.417 e. The van der Waals surface area contributed by atoms with E-state index in [-0.39, 0.29) is 36.0 Å². The van der Waals surface area contributed by atoms with Gasteiger partial charge in [-0.15, -0.1) is 0 Å². The van der Waals surface area contributed by atoms with Gasteiger partial charge in [0.1, 0.15) is 0 Å². The fraction of sp³-hybridized carbons (Fsp3) is 0.444. The highest BCUT2D eigenvalue weighted by Gasteiger charge is 2.32. The highest BCUT2D eigenvalue weighted by Crippen LogP contribution is 2.34. The summed E-state index contributed by atoms with van der Waals surface area (Å²) in [4.78, 5) is 41.4. The van der Waals surface area contributed by atoms with Gasteiger partial charge >= 0.3 is 5.76 Å². The minimum atomic E-state index is -0.698. The maximum atomic E-state index is 14.6. The summed E-state index contributed by atoms with van der Waals surface area (Å²) in [6, 6.07) is 9.73. The van der Waals surface area contributed by atoms with E-state index in [9.17, 15) is 18.8 Å². The summed E-state index contributed by atoms with van der Waals surface area (Å²) >= 11 is 0. The molecule has 8 nitrogen and oxygen atoms in total. The molecule has 3 aromatic rings. The fourth-order valence-corrected chi connectivity index (χ4v) is 4.77. The molecule has 4 rings (SSSR count). The van der Waals surface area contributed by atoms with Gasteiger partial charge in [0, 0.05) is 43.0 Å². The molecule has 1 amide bonds. The second kappa shape index (κ2) is 10.6. The first-order valence-electron chi connectivity index (χ1n) is 12.3. The van der Waals surface area contributed by atoms with Gasteiger partial charge in [0.25, 0.3) is 5.91 Å². The number of halogens is 1. The van der Waals surface area contributed by atoms with Gasteiger partial charge in [-0.25, -0.2) is 9.18 Å². The number of ether oxygens (including phenoxy) is 1. The molecule has 1 aliphatic heterocycles. The SMILES string of the molecule is CC(C)Oc1ccc(N2CCC(CC(=O)C(=O)Nc3ccc4[nH]c(=O)oc4c3)C(C)[C@H](C)C2)cc1F. The first kappa shape index (κ1) is 25.5. The predicted molar refractivity (Wildman–Crippen MR) is 136 cm³/mol. The number of anilines is 2. The number of rotatable bonds is 7. The highest BCUT2D eigenvalue weighted by molar-refractivity contribution is 6.40. The topological polar surface area (TPSA) is 105 Å². The monoisotopic (exact) mass is 497 g/mol. The van der Waals surface area contributed by atoms with E-state index in [4.69, 9.17) is 9.15 Å². The first-order chi connectivity index (χ1) is 17.1. The van der Waals surface area contributed by atoms with E-state index in [1.165, 1.54) is 12.1 Å². The zero-order valence-electron chi connectivity index (χ0n) is 21.0. The smallest absolute Gasteiger partial charge is 0.417 e. The normalized spacial score (nSPS) is 20.4. The predicted octanol–water partition coefficient (Wildman–Crippen LogP) is 4.74. The van der Waals surface area contributed by atoms with Gasteiger partial charge in [0.2, 0.25) is 5.78 Å². The molecule has 1 fully saturated rings. The van der Waals surface area contributed by atoms with Crippen LogP contribution < -0.4 is 20.7 Å². The Bertz CT molecular complexity index is 1310. The number of hydrogen-bond donors (Lipinski definition) is 2. The Labute approximate surface area is 208 Å². The number of aromatic nitrogens is 1. The van der Waals surface area contributed by atoms with E-state index in [2.05, 4.69) is 29.0 Å². The molecule has 9 heteroatoms. The highest BCUT2D eigenvalue weighted by atomic mass is 19.1. The van der Waals surface area contributed by atoms with Crippen molar-refractivity contribution < 1.29 is 23.1 Å². The molecule has 0 spiro atoms. The second-order valence-corrected chi connectivity index (χ2v) is 9.92. The van der Waals surface area contributed by atoms with Gasteiger partial charge in [-0.3, -0.25) is 14.6 Å². The minimum Gasteiger partial charge on any atom is -0.488 e. The Morgan fingerprint density at radius 2 is 2.00 bits per heavy atom. The maximum absolute atomic E-state index is 14.6. The molecule has 3 atom stereocenters. The third-order valence-corrected chi connectivity index (χ3v) is 6.94. The number of oxazole rings is 1. The Hall–Kier alpha value is -3.62. The molecule has 192 valence electrons. The van der Waals surface area contributed by atoms with E-state index < -0.39 is 23.3 Å². The number of H-pyrrole nitrogens is 1.